The zero-order valence-corrected chi connectivity index (χ0v) is 12.5. The molecule has 112 valence electrons. The Balaban J connectivity index is 1.87. The van der Waals surface area contributed by atoms with Crippen LogP contribution in [0.4, 0.5) is 0 Å². The molecule has 1 aromatic carbocycles. The second-order valence-electron chi connectivity index (χ2n) is 5.83. The van der Waals surface area contributed by atoms with E-state index in [2.05, 4.69) is 10.4 Å². The number of rotatable bonds is 6. The highest BCUT2D eigenvalue weighted by atomic mass is 16.5. The second kappa shape index (κ2) is 5.48. The Hall–Kier alpha value is -1.88. The molecule has 1 aliphatic rings. The fourth-order valence-corrected chi connectivity index (χ4v) is 2.59. The smallest absolute Gasteiger partial charge is 0.327 e. The first-order valence-electron chi connectivity index (χ1n) is 7.48. The normalized spacial score (nSPS) is 17.6. The highest BCUT2D eigenvalue weighted by molar-refractivity contribution is 5.82. The van der Waals surface area contributed by atoms with E-state index >= 15 is 0 Å². The zero-order chi connectivity index (χ0) is 14.9. The minimum Gasteiger partial charge on any atom is -0.465 e. The van der Waals surface area contributed by atoms with Crippen molar-refractivity contribution in [1.29, 1.82) is 0 Å². The van der Waals surface area contributed by atoms with Gasteiger partial charge in [0.15, 0.2) is 0 Å². The average molecular weight is 287 g/mol. The monoisotopic (exact) mass is 287 g/mol. The molecule has 1 N–H and O–H groups in total. The van der Waals surface area contributed by atoms with Crippen molar-refractivity contribution in [3.05, 3.63) is 30.5 Å². The Labute approximate surface area is 124 Å². The summed E-state index contributed by atoms with van der Waals surface area (Å²) in [5.74, 6) is -0.212. The summed E-state index contributed by atoms with van der Waals surface area (Å²) in [7, 11) is 0. The van der Waals surface area contributed by atoms with Crippen LogP contribution in [0.25, 0.3) is 10.9 Å². The van der Waals surface area contributed by atoms with Crippen LogP contribution in [0.2, 0.25) is 0 Å². The Morgan fingerprint density at radius 3 is 2.95 bits per heavy atom. The Morgan fingerprint density at radius 1 is 1.48 bits per heavy atom. The van der Waals surface area contributed by atoms with Gasteiger partial charge in [-0.15, -0.1) is 0 Å². The van der Waals surface area contributed by atoms with Crippen molar-refractivity contribution in [1.82, 2.24) is 15.1 Å². The topological polar surface area (TPSA) is 56.2 Å². The molecule has 1 unspecified atom stereocenters. The number of nitrogens with zero attached hydrogens (tertiary/aromatic N) is 2. The number of para-hydroxylation sites is 1. The Bertz CT molecular complexity index is 648. The number of esters is 1. The van der Waals surface area contributed by atoms with E-state index in [0.29, 0.717) is 19.2 Å². The molecule has 1 atom stereocenters. The van der Waals surface area contributed by atoms with Gasteiger partial charge in [0.2, 0.25) is 0 Å². The van der Waals surface area contributed by atoms with Gasteiger partial charge in [0.25, 0.3) is 0 Å². The van der Waals surface area contributed by atoms with Crippen LogP contribution < -0.4 is 5.32 Å². The fourth-order valence-electron chi connectivity index (χ4n) is 2.59. The molecule has 1 fully saturated rings. The standard InChI is InChI=1S/C16H21N3O2/c1-3-21-15(20)16(2,18-13-8-9-13)11-19-14-7-5-4-6-12(14)10-17-19/h4-7,10,13,18H,3,8-9,11H2,1-2H3. The lowest BCUT2D eigenvalue weighted by atomic mass is 10.0. The number of nitrogens with one attached hydrogen (secondary N) is 1. The first-order valence-corrected chi connectivity index (χ1v) is 7.48. The lowest BCUT2D eigenvalue weighted by Gasteiger charge is -2.28. The van der Waals surface area contributed by atoms with Crippen molar-refractivity contribution in [2.45, 2.75) is 44.8 Å². The van der Waals surface area contributed by atoms with Crippen molar-refractivity contribution in [2.24, 2.45) is 0 Å². The van der Waals surface area contributed by atoms with Crippen LogP contribution in [0.3, 0.4) is 0 Å². The summed E-state index contributed by atoms with van der Waals surface area (Å²) in [6.07, 6.45) is 4.07. The SMILES string of the molecule is CCOC(=O)C(C)(Cn1ncc2ccccc21)NC1CC1. The summed E-state index contributed by atoms with van der Waals surface area (Å²) in [6.45, 7) is 4.59. The van der Waals surface area contributed by atoms with Gasteiger partial charge in [-0.25, -0.2) is 4.79 Å². The lowest BCUT2D eigenvalue weighted by molar-refractivity contribution is -0.151. The maximum Gasteiger partial charge on any atom is 0.327 e. The number of benzene rings is 1. The fraction of sp³-hybridized carbons (Fsp3) is 0.500. The number of hydrogen-bond acceptors (Lipinski definition) is 4. The summed E-state index contributed by atoms with van der Waals surface area (Å²) >= 11 is 0. The molecule has 0 amide bonds. The number of carbonyl (C=O) groups excluding carboxylic acids is 1. The van der Waals surface area contributed by atoms with E-state index in [1.165, 1.54) is 0 Å². The van der Waals surface area contributed by atoms with Crippen molar-refractivity contribution >= 4 is 16.9 Å². The maximum absolute atomic E-state index is 12.4. The van der Waals surface area contributed by atoms with Gasteiger partial charge < -0.3 is 4.74 Å². The van der Waals surface area contributed by atoms with Gasteiger partial charge in [0.1, 0.15) is 5.54 Å². The minimum absolute atomic E-state index is 0.212. The lowest BCUT2D eigenvalue weighted by Crippen LogP contribution is -2.54. The first-order chi connectivity index (χ1) is 10.1. The van der Waals surface area contributed by atoms with Gasteiger partial charge in [-0.3, -0.25) is 10.00 Å². The second-order valence-corrected chi connectivity index (χ2v) is 5.83. The molecule has 0 radical (unpaired) electrons. The van der Waals surface area contributed by atoms with Gasteiger partial charge in [-0.05, 0) is 32.8 Å². The van der Waals surface area contributed by atoms with Crippen LogP contribution in [0.15, 0.2) is 30.5 Å². The molecule has 0 saturated heterocycles. The summed E-state index contributed by atoms with van der Waals surface area (Å²) in [5, 5.41) is 8.92. The molecule has 3 rings (SSSR count). The highest BCUT2D eigenvalue weighted by Crippen LogP contribution is 2.25. The molecule has 5 nitrogen and oxygen atoms in total. The van der Waals surface area contributed by atoms with E-state index in [1.54, 1.807) is 0 Å². The van der Waals surface area contributed by atoms with Crippen LogP contribution >= 0.6 is 0 Å². The molecule has 2 aromatic rings. The molecule has 1 aliphatic carbocycles. The van der Waals surface area contributed by atoms with E-state index in [-0.39, 0.29) is 5.97 Å². The van der Waals surface area contributed by atoms with Crippen LogP contribution in [-0.2, 0) is 16.1 Å². The third-order valence-electron chi connectivity index (χ3n) is 3.84. The molecular formula is C16H21N3O2. The third-order valence-corrected chi connectivity index (χ3v) is 3.84. The average Bonchev–Trinajstić information content (AvgIpc) is 3.19. The van der Waals surface area contributed by atoms with Crippen LogP contribution in [0.5, 0.6) is 0 Å². The summed E-state index contributed by atoms with van der Waals surface area (Å²) in [4.78, 5) is 12.4. The van der Waals surface area contributed by atoms with Gasteiger partial charge in [-0.1, -0.05) is 18.2 Å². The van der Waals surface area contributed by atoms with Crippen molar-refractivity contribution < 1.29 is 9.53 Å². The zero-order valence-electron chi connectivity index (χ0n) is 12.5. The summed E-state index contributed by atoms with van der Waals surface area (Å²) < 4.78 is 7.13. The number of fused-ring (bicyclic) bond motifs is 1. The molecule has 1 aromatic heterocycles. The Morgan fingerprint density at radius 2 is 2.24 bits per heavy atom. The van der Waals surface area contributed by atoms with Crippen molar-refractivity contribution in [3.63, 3.8) is 0 Å². The van der Waals surface area contributed by atoms with Crippen LogP contribution in [-0.4, -0.2) is 33.9 Å². The molecular weight excluding hydrogens is 266 g/mol. The van der Waals surface area contributed by atoms with E-state index in [9.17, 15) is 4.79 Å². The molecule has 0 aliphatic heterocycles. The number of hydrogen-bond donors (Lipinski definition) is 1. The number of carbonyl (C=O) groups is 1. The van der Waals surface area contributed by atoms with E-state index in [4.69, 9.17) is 4.74 Å². The predicted octanol–water partition coefficient (Wildman–Crippen LogP) is 2.11. The van der Waals surface area contributed by atoms with Crippen molar-refractivity contribution in [3.8, 4) is 0 Å². The van der Waals surface area contributed by atoms with Crippen LogP contribution in [0, 0.1) is 0 Å². The minimum atomic E-state index is -0.744. The third kappa shape index (κ3) is 2.93. The molecule has 1 saturated carbocycles. The first kappa shape index (κ1) is 14.1. The van der Waals surface area contributed by atoms with Crippen molar-refractivity contribution in [2.75, 3.05) is 6.61 Å². The van der Waals surface area contributed by atoms with Gasteiger partial charge in [-0.2, -0.15) is 5.10 Å². The van der Waals surface area contributed by atoms with E-state index in [0.717, 1.165) is 23.7 Å². The maximum atomic E-state index is 12.4. The molecule has 1 heterocycles. The van der Waals surface area contributed by atoms with Crippen LogP contribution in [0.1, 0.15) is 26.7 Å². The van der Waals surface area contributed by atoms with Gasteiger partial charge >= 0.3 is 5.97 Å². The molecule has 0 spiro atoms. The summed E-state index contributed by atoms with van der Waals surface area (Å²) in [6, 6.07) is 8.43. The largest absolute Gasteiger partial charge is 0.465 e. The van der Waals surface area contributed by atoms with Gasteiger partial charge in [0, 0.05) is 11.4 Å². The Kier molecular flexibility index (Phi) is 3.68. The van der Waals surface area contributed by atoms with Gasteiger partial charge in [0.05, 0.1) is 24.9 Å². The van der Waals surface area contributed by atoms with E-state index < -0.39 is 5.54 Å². The highest BCUT2D eigenvalue weighted by Gasteiger charge is 2.40. The molecule has 0 bridgehead atoms. The number of aromatic nitrogens is 2. The quantitative estimate of drug-likeness (QED) is 0.827. The molecule has 21 heavy (non-hydrogen) atoms. The molecule has 5 heteroatoms. The predicted molar refractivity (Wildman–Crippen MR) is 80.9 cm³/mol. The number of ether oxygens (including phenoxy) is 1. The summed E-state index contributed by atoms with van der Waals surface area (Å²) in [5.41, 5.74) is 0.289. The van der Waals surface area contributed by atoms with E-state index in [1.807, 2.05) is 49.0 Å².